The molecule has 0 radical (unpaired) electrons. The summed E-state index contributed by atoms with van der Waals surface area (Å²) >= 11 is 1.74. The standard InChI is InChI=1S/C15H23N5S.HI/c1-3-13-11-18-14(21-13)12-19-15(16-4-2)17-7-10-20-8-5-6-9-20;/h5-6,8-9,11H,3-4,7,10,12H2,1-2H3,(H2,16,17,19);1H. The third kappa shape index (κ3) is 6.35. The van der Waals surface area contributed by atoms with Crippen LogP contribution in [0.25, 0.3) is 0 Å². The van der Waals surface area contributed by atoms with Crippen LogP contribution in [-0.2, 0) is 19.5 Å². The average molecular weight is 433 g/mol. The fraction of sp³-hybridized carbons (Fsp3) is 0.467. The second-order valence-corrected chi connectivity index (χ2v) is 5.82. The molecular weight excluding hydrogens is 409 g/mol. The number of aromatic nitrogens is 2. The molecular formula is C15H24IN5S. The van der Waals surface area contributed by atoms with Crippen LogP contribution >= 0.6 is 35.3 Å². The molecule has 2 aromatic heterocycles. The van der Waals surface area contributed by atoms with Crippen molar-refractivity contribution in [2.75, 3.05) is 13.1 Å². The molecule has 0 spiro atoms. The highest BCUT2D eigenvalue weighted by atomic mass is 127. The number of guanidine groups is 1. The van der Waals surface area contributed by atoms with E-state index < -0.39 is 0 Å². The van der Waals surface area contributed by atoms with Gasteiger partial charge in [-0.1, -0.05) is 6.92 Å². The molecule has 7 heteroatoms. The van der Waals surface area contributed by atoms with Crippen LogP contribution in [-0.4, -0.2) is 28.6 Å². The predicted octanol–water partition coefficient (Wildman–Crippen LogP) is 2.88. The summed E-state index contributed by atoms with van der Waals surface area (Å²) in [6.07, 6.45) is 7.11. The molecule has 2 aromatic rings. The van der Waals surface area contributed by atoms with Crippen LogP contribution in [0.3, 0.4) is 0 Å². The maximum Gasteiger partial charge on any atom is 0.191 e. The van der Waals surface area contributed by atoms with E-state index in [1.807, 2.05) is 18.3 Å². The normalized spacial score (nSPS) is 11.1. The first-order chi connectivity index (χ1) is 10.3. The molecule has 2 N–H and O–H groups in total. The SMILES string of the molecule is CCNC(=NCc1ncc(CC)s1)NCCn1cccc1.I. The lowest BCUT2D eigenvalue weighted by Gasteiger charge is -2.11. The molecule has 0 amide bonds. The Bertz CT molecular complexity index is 550. The van der Waals surface area contributed by atoms with E-state index in [-0.39, 0.29) is 24.0 Å². The zero-order chi connectivity index (χ0) is 14.9. The second kappa shape index (κ2) is 10.6. The molecule has 0 aliphatic rings. The van der Waals surface area contributed by atoms with Crippen molar-refractivity contribution in [3.05, 3.63) is 40.6 Å². The number of rotatable bonds is 7. The first kappa shape index (κ1) is 19.0. The molecule has 22 heavy (non-hydrogen) atoms. The van der Waals surface area contributed by atoms with E-state index in [0.29, 0.717) is 6.54 Å². The molecule has 0 atom stereocenters. The Morgan fingerprint density at radius 3 is 2.68 bits per heavy atom. The third-order valence-corrected chi connectivity index (χ3v) is 4.12. The van der Waals surface area contributed by atoms with Crippen LogP contribution in [0.5, 0.6) is 0 Å². The van der Waals surface area contributed by atoms with E-state index in [1.165, 1.54) is 4.88 Å². The van der Waals surface area contributed by atoms with Gasteiger partial charge in [-0.2, -0.15) is 0 Å². The van der Waals surface area contributed by atoms with E-state index in [1.54, 1.807) is 11.3 Å². The van der Waals surface area contributed by atoms with Gasteiger partial charge in [0, 0.05) is 43.1 Å². The van der Waals surface area contributed by atoms with Crippen molar-refractivity contribution >= 4 is 41.3 Å². The number of thiazole rings is 1. The number of hydrogen-bond acceptors (Lipinski definition) is 3. The van der Waals surface area contributed by atoms with Gasteiger partial charge in [-0.05, 0) is 25.5 Å². The van der Waals surface area contributed by atoms with Crippen molar-refractivity contribution in [3.63, 3.8) is 0 Å². The summed E-state index contributed by atoms with van der Waals surface area (Å²) < 4.78 is 2.14. The number of halogens is 1. The highest BCUT2D eigenvalue weighted by Crippen LogP contribution is 2.13. The zero-order valence-corrected chi connectivity index (χ0v) is 16.2. The summed E-state index contributed by atoms with van der Waals surface area (Å²) in [6.45, 7) is 7.47. The minimum Gasteiger partial charge on any atom is -0.357 e. The van der Waals surface area contributed by atoms with Gasteiger partial charge >= 0.3 is 0 Å². The molecule has 0 fully saturated rings. The fourth-order valence-corrected chi connectivity index (χ4v) is 2.68. The van der Waals surface area contributed by atoms with Gasteiger partial charge in [0.2, 0.25) is 0 Å². The van der Waals surface area contributed by atoms with E-state index >= 15 is 0 Å². The summed E-state index contributed by atoms with van der Waals surface area (Å²) in [5.74, 6) is 0.845. The van der Waals surface area contributed by atoms with Gasteiger partial charge in [0.1, 0.15) is 5.01 Å². The first-order valence-corrected chi connectivity index (χ1v) is 8.20. The Hall–Kier alpha value is -1.09. The summed E-state index contributed by atoms with van der Waals surface area (Å²) in [6, 6.07) is 4.07. The van der Waals surface area contributed by atoms with E-state index in [0.717, 1.165) is 37.0 Å². The molecule has 2 heterocycles. The monoisotopic (exact) mass is 433 g/mol. The van der Waals surface area contributed by atoms with E-state index in [4.69, 9.17) is 0 Å². The molecule has 0 saturated carbocycles. The molecule has 2 rings (SSSR count). The highest BCUT2D eigenvalue weighted by molar-refractivity contribution is 14.0. The van der Waals surface area contributed by atoms with Crippen LogP contribution in [0.15, 0.2) is 35.7 Å². The summed E-state index contributed by atoms with van der Waals surface area (Å²) in [7, 11) is 0. The van der Waals surface area contributed by atoms with Crippen molar-refractivity contribution < 1.29 is 0 Å². The number of nitrogens with zero attached hydrogens (tertiary/aromatic N) is 3. The van der Waals surface area contributed by atoms with Crippen LogP contribution in [0.1, 0.15) is 23.7 Å². The zero-order valence-electron chi connectivity index (χ0n) is 13.1. The molecule has 122 valence electrons. The van der Waals surface area contributed by atoms with Gasteiger partial charge in [0.25, 0.3) is 0 Å². The quantitative estimate of drug-likeness (QED) is 0.401. The summed E-state index contributed by atoms with van der Waals surface area (Å²) in [5, 5.41) is 7.67. The van der Waals surface area contributed by atoms with Crippen LogP contribution in [0, 0.1) is 0 Å². The van der Waals surface area contributed by atoms with Crippen molar-refractivity contribution in [3.8, 4) is 0 Å². The molecule has 0 unspecified atom stereocenters. The van der Waals surface area contributed by atoms with Crippen LogP contribution < -0.4 is 10.6 Å². The molecule has 0 saturated heterocycles. The van der Waals surface area contributed by atoms with Gasteiger partial charge in [0.05, 0.1) is 6.54 Å². The lowest BCUT2D eigenvalue weighted by atomic mass is 10.4. The van der Waals surface area contributed by atoms with Crippen molar-refractivity contribution in [1.82, 2.24) is 20.2 Å². The lowest BCUT2D eigenvalue weighted by Crippen LogP contribution is -2.38. The fourth-order valence-electron chi connectivity index (χ4n) is 1.90. The first-order valence-electron chi connectivity index (χ1n) is 7.38. The van der Waals surface area contributed by atoms with Crippen molar-refractivity contribution in [2.24, 2.45) is 4.99 Å². The summed E-state index contributed by atoms with van der Waals surface area (Å²) in [5.41, 5.74) is 0. The molecule has 0 aromatic carbocycles. The van der Waals surface area contributed by atoms with Crippen LogP contribution in [0.4, 0.5) is 0 Å². The number of aryl methyl sites for hydroxylation is 1. The topological polar surface area (TPSA) is 54.2 Å². The van der Waals surface area contributed by atoms with E-state index in [9.17, 15) is 0 Å². The van der Waals surface area contributed by atoms with E-state index in [2.05, 4.69) is 51.4 Å². The molecule has 5 nitrogen and oxygen atoms in total. The number of aliphatic imine (C=N–C) groups is 1. The Balaban J connectivity index is 0.00000242. The predicted molar refractivity (Wildman–Crippen MR) is 104 cm³/mol. The smallest absolute Gasteiger partial charge is 0.191 e. The Morgan fingerprint density at radius 2 is 2.05 bits per heavy atom. The number of hydrogen-bond donors (Lipinski definition) is 2. The third-order valence-electron chi connectivity index (χ3n) is 3.00. The lowest BCUT2D eigenvalue weighted by molar-refractivity contribution is 0.665. The second-order valence-electron chi connectivity index (χ2n) is 4.62. The van der Waals surface area contributed by atoms with Crippen molar-refractivity contribution in [2.45, 2.75) is 33.4 Å². The number of nitrogens with one attached hydrogen (secondary N) is 2. The van der Waals surface area contributed by atoms with Gasteiger partial charge in [0.15, 0.2) is 5.96 Å². The largest absolute Gasteiger partial charge is 0.357 e. The van der Waals surface area contributed by atoms with Gasteiger partial charge in [-0.15, -0.1) is 35.3 Å². The van der Waals surface area contributed by atoms with Gasteiger partial charge in [-0.25, -0.2) is 9.98 Å². The van der Waals surface area contributed by atoms with Gasteiger partial charge < -0.3 is 15.2 Å². The molecule has 0 bridgehead atoms. The maximum absolute atomic E-state index is 4.58. The minimum absolute atomic E-state index is 0. The Kier molecular flexibility index (Phi) is 9.14. The maximum atomic E-state index is 4.58. The van der Waals surface area contributed by atoms with Crippen molar-refractivity contribution in [1.29, 1.82) is 0 Å². The van der Waals surface area contributed by atoms with Gasteiger partial charge in [-0.3, -0.25) is 0 Å². The highest BCUT2D eigenvalue weighted by Gasteiger charge is 2.01. The molecule has 0 aliphatic carbocycles. The molecule has 0 aliphatic heterocycles. The average Bonchev–Trinajstić information content (AvgIpc) is 3.16. The Labute approximate surface area is 153 Å². The summed E-state index contributed by atoms with van der Waals surface area (Å²) in [4.78, 5) is 10.3. The Morgan fingerprint density at radius 1 is 1.27 bits per heavy atom. The minimum atomic E-state index is 0. The van der Waals surface area contributed by atoms with Crippen LogP contribution in [0.2, 0.25) is 0 Å².